The Hall–Kier alpha value is -2.27. The Labute approximate surface area is 247 Å². The summed E-state index contributed by atoms with van der Waals surface area (Å²) in [6.07, 6.45) is 14.5. The number of amides is 1. The Bertz CT molecular complexity index is 1110. The van der Waals surface area contributed by atoms with Gasteiger partial charge in [0.1, 0.15) is 6.04 Å². The fourth-order valence-corrected chi connectivity index (χ4v) is 7.14. The van der Waals surface area contributed by atoms with Crippen molar-refractivity contribution in [1.82, 2.24) is 5.32 Å². The first-order valence-corrected chi connectivity index (χ1v) is 16.7. The topological polar surface area (TPSA) is 55.4 Å². The van der Waals surface area contributed by atoms with Gasteiger partial charge < -0.3 is 10.1 Å². The highest BCUT2D eigenvalue weighted by atomic mass is 32.2. The molecule has 2 atom stereocenters. The van der Waals surface area contributed by atoms with Crippen molar-refractivity contribution >= 4 is 23.6 Å². The third-order valence-electron chi connectivity index (χ3n) is 9.04. The molecule has 5 heteroatoms. The molecule has 4 nitrogen and oxygen atoms in total. The second-order valence-electron chi connectivity index (χ2n) is 12.3. The van der Waals surface area contributed by atoms with Crippen LogP contribution in [0.1, 0.15) is 112 Å². The number of hydrogen-bond acceptors (Lipinski definition) is 4. The number of aryl methyl sites for hydroxylation is 1. The SMILES string of the molecule is CCC(c1ccc(C(=O)N[C@@H](CCSC)C(=O)OC)c(-c2ccccc2C)c1)C(C)(C)CCCC1CCCCC1. The Balaban J connectivity index is 1.90. The molecule has 3 rings (SSSR count). The van der Waals surface area contributed by atoms with Crippen molar-refractivity contribution in [3.63, 3.8) is 0 Å². The summed E-state index contributed by atoms with van der Waals surface area (Å²) < 4.78 is 4.99. The number of hydrogen-bond donors (Lipinski definition) is 1. The third-order valence-corrected chi connectivity index (χ3v) is 9.68. The summed E-state index contributed by atoms with van der Waals surface area (Å²) in [5, 5.41) is 2.97. The van der Waals surface area contributed by atoms with E-state index in [2.05, 4.69) is 57.3 Å². The molecule has 0 aliphatic heterocycles. The zero-order valence-corrected chi connectivity index (χ0v) is 26.5. The summed E-state index contributed by atoms with van der Waals surface area (Å²) in [5.74, 6) is 1.43. The Morgan fingerprint density at radius 1 is 1.07 bits per heavy atom. The summed E-state index contributed by atoms with van der Waals surface area (Å²) in [4.78, 5) is 26.1. The molecule has 0 saturated heterocycles. The van der Waals surface area contributed by atoms with Gasteiger partial charge in [-0.25, -0.2) is 4.79 Å². The maximum absolute atomic E-state index is 13.7. The number of nitrogens with one attached hydrogen (secondary N) is 1. The van der Waals surface area contributed by atoms with E-state index >= 15 is 0 Å². The maximum Gasteiger partial charge on any atom is 0.328 e. The van der Waals surface area contributed by atoms with Crippen molar-refractivity contribution in [2.75, 3.05) is 19.1 Å². The van der Waals surface area contributed by atoms with Crippen LogP contribution < -0.4 is 5.32 Å². The standard InChI is InChI=1S/C35H51NO3S/c1-7-31(35(3,4)22-13-17-26-15-9-8-10-16-26)27-19-20-29(30(24-27)28-18-12-11-14-25(28)2)33(37)36-32(21-23-40-6)34(38)39-5/h11-12,14,18-20,24,26,31-32H,7-10,13,15-17,21-23H2,1-6H3,(H,36,37)/t31?,32-/m0/s1. The van der Waals surface area contributed by atoms with Gasteiger partial charge in [-0.1, -0.05) is 102 Å². The van der Waals surface area contributed by atoms with Crippen molar-refractivity contribution in [2.45, 2.75) is 104 Å². The zero-order chi connectivity index (χ0) is 29.1. The van der Waals surface area contributed by atoms with Crippen LogP contribution in [0.2, 0.25) is 0 Å². The van der Waals surface area contributed by atoms with Gasteiger partial charge in [0.05, 0.1) is 7.11 Å². The van der Waals surface area contributed by atoms with Crippen LogP contribution in [0.4, 0.5) is 0 Å². The molecule has 1 aliphatic rings. The predicted molar refractivity (Wildman–Crippen MR) is 170 cm³/mol. The first-order chi connectivity index (χ1) is 19.2. The number of carbonyl (C=O) groups is 2. The summed E-state index contributed by atoms with van der Waals surface area (Å²) in [6.45, 7) is 9.21. The highest BCUT2D eigenvalue weighted by Gasteiger charge is 2.31. The van der Waals surface area contributed by atoms with Gasteiger partial charge in [-0.3, -0.25) is 4.79 Å². The lowest BCUT2D eigenvalue weighted by atomic mass is 9.69. The fraction of sp³-hybridized carbons (Fsp3) is 0.600. The minimum absolute atomic E-state index is 0.157. The van der Waals surface area contributed by atoms with Gasteiger partial charge in [0.15, 0.2) is 0 Å². The molecule has 0 bridgehead atoms. The second kappa shape index (κ2) is 15.7. The fourth-order valence-electron chi connectivity index (χ4n) is 6.67. The Morgan fingerprint density at radius 2 is 1.80 bits per heavy atom. The van der Waals surface area contributed by atoms with Gasteiger partial charge in [0, 0.05) is 5.56 Å². The second-order valence-corrected chi connectivity index (χ2v) is 13.3. The van der Waals surface area contributed by atoms with E-state index < -0.39 is 12.0 Å². The Kier molecular flexibility index (Phi) is 12.6. The molecule has 2 aromatic carbocycles. The number of carbonyl (C=O) groups excluding carboxylic acids is 2. The van der Waals surface area contributed by atoms with Crippen molar-refractivity contribution < 1.29 is 14.3 Å². The van der Waals surface area contributed by atoms with E-state index in [1.807, 2.05) is 24.5 Å². The van der Waals surface area contributed by atoms with E-state index in [1.165, 1.54) is 64.0 Å². The average Bonchev–Trinajstić information content (AvgIpc) is 2.95. The molecule has 0 heterocycles. The summed E-state index contributed by atoms with van der Waals surface area (Å²) in [7, 11) is 1.37. The lowest BCUT2D eigenvalue weighted by Crippen LogP contribution is -2.42. The smallest absolute Gasteiger partial charge is 0.328 e. The highest BCUT2D eigenvalue weighted by Crippen LogP contribution is 2.44. The average molecular weight is 566 g/mol. The summed E-state index contributed by atoms with van der Waals surface area (Å²) in [6, 6.07) is 13.9. The highest BCUT2D eigenvalue weighted by molar-refractivity contribution is 7.98. The lowest BCUT2D eigenvalue weighted by molar-refractivity contribution is -0.142. The normalized spacial score (nSPS) is 15.8. The van der Waals surface area contributed by atoms with Crippen molar-refractivity contribution in [3.05, 3.63) is 59.2 Å². The molecule has 1 amide bonds. The third kappa shape index (κ3) is 8.61. The lowest BCUT2D eigenvalue weighted by Gasteiger charge is -2.35. The molecular weight excluding hydrogens is 514 g/mol. The molecule has 220 valence electrons. The van der Waals surface area contributed by atoms with Crippen LogP contribution in [0.5, 0.6) is 0 Å². The van der Waals surface area contributed by atoms with Gasteiger partial charge in [-0.15, -0.1) is 0 Å². The number of methoxy groups -OCH3 is 1. The number of esters is 1. The molecule has 40 heavy (non-hydrogen) atoms. The van der Waals surface area contributed by atoms with Gasteiger partial charge in [0.25, 0.3) is 5.91 Å². The minimum Gasteiger partial charge on any atom is -0.467 e. The van der Waals surface area contributed by atoms with Crippen LogP contribution >= 0.6 is 11.8 Å². The molecule has 0 radical (unpaired) electrons. The van der Waals surface area contributed by atoms with Gasteiger partial charge in [-0.05, 0) is 83.8 Å². The van der Waals surface area contributed by atoms with E-state index in [9.17, 15) is 9.59 Å². The number of rotatable bonds is 14. The molecule has 1 aliphatic carbocycles. The van der Waals surface area contributed by atoms with E-state index in [4.69, 9.17) is 4.74 Å². The van der Waals surface area contributed by atoms with Gasteiger partial charge in [0.2, 0.25) is 0 Å². The predicted octanol–water partition coefficient (Wildman–Crippen LogP) is 8.96. The summed E-state index contributed by atoms with van der Waals surface area (Å²) >= 11 is 1.65. The summed E-state index contributed by atoms with van der Waals surface area (Å²) in [5.41, 5.74) is 5.15. The van der Waals surface area contributed by atoms with Crippen LogP contribution in [0.3, 0.4) is 0 Å². The number of thioether (sulfide) groups is 1. The molecular formula is C35H51NO3S. The van der Waals surface area contributed by atoms with Gasteiger partial charge in [-0.2, -0.15) is 11.8 Å². The van der Waals surface area contributed by atoms with E-state index in [0.29, 0.717) is 17.9 Å². The monoisotopic (exact) mass is 565 g/mol. The molecule has 1 saturated carbocycles. The first-order valence-electron chi connectivity index (χ1n) is 15.3. The number of benzene rings is 2. The number of ether oxygens (including phenoxy) is 1. The van der Waals surface area contributed by atoms with Crippen LogP contribution in [0.25, 0.3) is 11.1 Å². The molecule has 0 spiro atoms. The van der Waals surface area contributed by atoms with Gasteiger partial charge >= 0.3 is 5.97 Å². The van der Waals surface area contributed by atoms with Crippen molar-refractivity contribution in [1.29, 1.82) is 0 Å². The molecule has 1 N–H and O–H groups in total. The van der Waals surface area contributed by atoms with Crippen molar-refractivity contribution in [2.24, 2.45) is 11.3 Å². The van der Waals surface area contributed by atoms with E-state index in [-0.39, 0.29) is 11.3 Å². The first kappa shape index (κ1) is 32.2. The van der Waals surface area contributed by atoms with E-state index in [1.54, 1.807) is 11.8 Å². The van der Waals surface area contributed by atoms with Crippen LogP contribution in [0.15, 0.2) is 42.5 Å². The maximum atomic E-state index is 13.7. The minimum atomic E-state index is -0.666. The van der Waals surface area contributed by atoms with Crippen LogP contribution in [0, 0.1) is 18.3 Å². The van der Waals surface area contributed by atoms with Crippen LogP contribution in [-0.2, 0) is 9.53 Å². The Morgan fingerprint density at radius 3 is 2.45 bits per heavy atom. The zero-order valence-electron chi connectivity index (χ0n) is 25.7. The van der Waals surface area contributed by atoms with Crippen LogP contribution in [-0.4, -0.2) is 37.0 Å². The molecule has 1 fully saturated rings. The van der Waals surface area contributed by atoms with E-state index in [0.717, 1.165) is 34.8 Å². The quantitative estimate of drug-likeness (QED) is 0.232. The van der Waals surface area contributed by atoms with Crippen molar-refractivity contribution in [3.8, 4) is 11.1 Å². The molecule has 1 unspecified atom stereocenters. The molecule has 0 aromatic heterocycles. The molecule has 2 aromatic rings. The largest absolute Gasteiger partial charge is 0.467 e.